The maximum atomic E-state index is 13.0. The Morgan fingerprint density at radius 1 is 1.36 bits per heavy atom. The molecule has 148 valence electrons. The Bertz CT molecular complexity index is 1040. The van der Waals surface area contributed by atoms with Crippen molar-refractivity contribution in [2.75, 3.05) is 5.75 Å². The predicted molar refractivity (Wildman–Crippen MR) is 118 cm³/mol. The maximum Gasteiger partial charge on any atom is 0.263 e. The molecular formula is C20H23N3O2S3. The normalized spacial score (nSPS) is 19.8. The van der Waals surface area contributed by atoms with E-state index in [9.17, 15) is 9.59 Å². The van der Waals surface area contributed by atoms with Crippen molar-refractivity contribution in [3.8, 4) is 10.4 Å². The summed E-state index contributed by atoms with van der Waals surface area (Å²) in [6, 6.07) is 4.27. The summed E-state index contributed by atoms with van der Waals surface area (Å²) in [5, 5.41) is 8.42. The largest absolute Gasteiger partial charge is 0.352 e. The van der Waals surface area contributed by atoms with E-state index < -0.39 is 0 Å². The molecule has 2 atom stereocenters. The van der Waals surface area contributed by atoms with E-state index in [-0.39, 0.29) is 23.3 Å². The van der Waals surface area contributed by atoms with E-state index in [0.29, 0.717) is 16.5 Å². The Hall–Kier alpha value is -1.64. The highest BCUT2D eigenvalue weighted by Crippen LogP contribution is 2.34. The number of hydrogen-bond donors (Lipinski definition) is 1. The Morgan fingerprint density at radius 2 is 2.18 bits per heavy atom. The Labute approximate surface area is 176 Å². The number of hydrogen-bond acceptors (Lipinski definition) is 6. The van der Waals surface area contributed by atoms with Gasteiger partial charge in [0.05, 0.1) is 11.1 Å². The number of thiophene rings is 2. The van der Waals surface area contributed by atoms with Gasteiger partial charge in [-0.05, 0) is 30.2 Å². The average molecular weight is 434 g/mol. The number of nitrogens with zero attached hydrogens (tertiary/aromatic N) is 2. The van der Waals surface area contributed by atoms with Gasteiger partial charge in [0, 0.05) is 28.9 Å². The van der Waals surface area contributed by atoms with Crippen LogP contribution in [-0.2, 0) is 11.8 Å². The second-order valence-electron chi connectivity index (χ2n) is 7.29. The zero-order chi connectivity index (χ0) is 19.7. The molecule has 0 spiro atoms. The number of nitrogens with one attached hydrogen (secondary N) is 1. The SMILES string of the molecule is CC1CCCCC1NC(=O)CSc1nc2scc(-c3cccs3)c2c(=O)n1C. The molecule has 1 saturated carbocycles. The highest BCUT2D eigenvalue weighted by Gasteiger charge is 2.23. The van der Waals surface area contributed by atoms with Gasteiger partial charge in [0.2, 0.25) is 5.91 Å². The van der Waals surface area contributed by atoms with Gasteiger partial charge < -0.3 is 5.32 Å². The van der Waals surface area contributed by atoms with E-state index in [4.69, 9.17) is 0 Å². The van der Waals surface area contributed by atoms with Gasteiger partial charge in [-0.15, -0.1) is 22.7 Å². The lowest BCUT2D eigenvalue weighted by Crippen LogP contribution is -2.41. The molecule has 3 aromatic heterocycles. The highest BCUT2D eigenvalue weighted by atomic mass is 32.2. The van der Waals surface area contributed by atoms with E-state index in [1.54, 1.807) is 23.0 Å². The zero-order valence-corrected chi connectivity index (χ0v) is 18.4. The molecule has 5 nitrogen and oxygen atoms in total. The summed E-state index contributed by atoms with van der Waals surface area (Å²) in [6.45, 7) is 2.21. The van der Waals surface area contributed by atoms with Crippen LogP contribution in [-0.4, -0.2) is 27.3 Å². The molecule has 3 heterocycles. The lowest BCUT2D eigenvalue weighted by Gasteiger charge is -2.29. The topological polar surface area (TPSA) is 64.0 Å². The third kappa shape index (κ3) is 3.90. The molecule has 8 heteroatoms. The van der Waals surface area contributed by atoms with Crippen molar-refractivity contribution < 1.29 is 4.79 Å². The molecule has 1 N–H and O–H groups in total. The molecule has 2 unspecified atom stereocenters. The molecule has 28 heavy (non-hydrogen) atoms. The van der Waals surface area contributed by atoms with E-state index in [1.165, 1.54) is 42.4 Å². The minimum Gasteiger partial charge on any atom is -0.352 e. The van der Waals surface area contributed by atoms with Crippen LogP contribution in [0, 0.1) is 5.92 Å². The van der Waals surface area contributed by atoms with Crippen LogP contribution in [0.4, 0.5) is 0 Å². The summed E-state index contributed by atoms with van der Waals surface area (Å²) < 4.78 is 1.56. The lowest BCUT2D eigenvalue weighted by molar-refractivity contribution is -0.119. The first-order valence-corrected chi connectivity index (χ1v) is 12.2. The minimum absolute atomic E-state index is 0.0172. The fraction of sp³-hybridized carbons (Fsp3) is 0.450. The summed E-state index contributed by atoms with van der Waals surface area (Å²) in [5.74, 6) is 0.824. The number of rotatable bonds is 5. The molecule has 0 radical (unpaired) electrons. The molecule has 0 saturated heterocycles. The smallest absolute Gasteiger partial charge is 0.263 e. The van der Waals surface area contributed by atoms with Crippen molar-refractivity contribution in [3.05, 3.63) is 33.2 Å². The van der Waals surface area contributed by atoms with Crippen molar-refractivity contribution in [1.29, 1.82) is 0 Å². The van der Waals surface area contributed by atoms with Gasteiger partial charge in [0.1, 0.15) is 4.83 Å². The first kappa shape index (κ1) is 19.7. The minimum atomic E-state index is -0.0570. The van der Waals surface area contributed by atoms with E-state index in [2.05, 4.69) is 17.2 Å². The molecule has 0 aromatic carbocycles. The third-order valence-corrected chi connectivity index (χ3v) is 8.16. The molecular weight excluding hydrogens is 410 g/mol. The summed E-state index contributed by atoms with van der Waals surface area (Å²) in [6.07, 6.45) is 4.67. The zero-order valence-electron chi connectivity index (χ0n) is 15.9. The number of carbonyl (C=O) groups excluding carboxylic acids is 1. The fourth-order valence-corrected chi connectivity index (χ4v) is 6.29. The Balaban J connectivity index is 1.51. The monoisotopic (exact) mass is 433 g/mol. The lowest BCUT2D eigenvalue weighted by atomic mass is 9.86. The third-order valence-electron chi connectivity index (χ3n) is 5.35. The molecule has 1 aliphatic rings. The van der Waals surface area contributed by atoms with Crippen molar-refractivity contribution in [2.24, 2.45) is 13.0 Å². The van der Waals surface area contributed by atoms with Crippen LogP contribution in [0.1, 0.15) is 32.6 Å². The van der Waals surface area contributed by atoms with Gasteiger partial charge in [0.15, 0.2) is 5.16 Å². The summed E-state index contributed by atoms with van der Waals surface area (Å²) in [7, 11) is 1.73. The molecule has 1 aliphatic carbocycles. The fourth-order valence-electron chi connectivity index (χ4n) is 3.70. The van der Waals surface area contributed by atoms with Crippen LogP contribution in [0.5, 0.6) is 0 Å². The number of fused-ring (bicyclic) bond motifs is 1. The van der Waals surface area contributed by atoms with Crippen molar-refractivity contribution >= 4 is 50.6 Å². The molecule has 4 rings (SSSR count). The van der Waals surface area contributed by atoms with Gasteiger partial charge in [-0.2, -0.15) is 0 Å². The van der Waals surface area contributed by atoms with Gasteiger partial charge in [0.25, 0.3) is 5.56 Å². The van der Waals surface area contributed by atoms with Crippen LogP contribution in [0.3, 0.4) is 0 Å². The Kier molecular flexibility index (Phi) is 5.89. The average Bonchev–Trinajstić information content (AvgIpc) is 3.35. The quantitative estimate of drug-likeness (QED) is 0.475. The summed E-state index contributed by atoms with van der Waals surface area (Å²) >= 11 is 4.43. The number of thioether (sulfide) groups is 1. The van der Waals surface area contributed by atoms with Crippen molar-refractivity contribution in [2.45, 2.75) is 43.8 Å². The first-order valence-electron chi connectivity index (χ1n) is 9.49. The second-order valence-corrected chi connectivity index (χ2v) is 10.0. The van der Waals surface area contributed by atoms with Crippen LogP contribution >= 0.6 is 34.4 Å². The second kappa shape index (κ2) is 8.39. The van der Waals surface area contributed by atoms with E-state index >= 15 is 0 Å². The first-order chi connectivity index (χ1) is 13.5. The van der Waals surface area contributed by atoms with Gasteiger partial charge in [-0.3, -0.25) is 14.2 Å². The van der Waals surface area contributed by atoms with Crippen LogP contribution in [0.25, 0.3) is 20.7 Å². The maximum absolute atomic E-state index is 13.0. The predicted octanol–water partition coefficient (Wildman–Crippen LogP) is 4.51. The molecule has 1 fully saturated rings. The molecule has 0 aliphatic heterocycles. The van der Waals surface area contributed by atoms with Crippen LogP contribution in [0.2, 0.25) is 0 Å². The number of amides is 1. The van der Waals surface area contributed by atoms with E-state index in [0.717, 1.165) is 21.7 Å². The summed E-state index contributed by atoms with van der Waals surface area (Å²) in [4.78, 5) is 31.8. The van der Waals surface area contributed by atoms with Crippen LogP contribution in [0.15, 0.2) is 32.8 Å². The van der Waals surface area contributed by atoms with Gasteiger partial charge >= 0.3 is 0 Å². The summed E-state index contributed by atoms with van der Waals surface area (Å²) in [5.41, 5.74) is 0.891. The standard InChI is InChI=1S/C20H23N3O2S3/c1-12-6-3-4-7-14(12)21-16(24)11-28-20-22-18-17(19(25)23(20)2)13(10-27-18)15-8-5-9-26-15/h5,8-10,12,14H,3-4,6-7,11H2,1-2H3,(H,21,24). The van der Waals surface area contributed by atoms with Crippen molar-refractivity contribution in [3.63, 3.8) is 0 Å². The van der Waals surface area contributed by atoms with Crippen molar-refractivity contribution in [1.82, 2.24) is 14.9 Å². The molecule has 1 amide bonds. The van der Waals surface area contributed by atoms with Gasteiger partial charge in [-0.1, -0.05) is 37.6 Å². The molecule has 3 aromatic rings. The molecule has 0 bridgehead atoms. The van der Waals surface area contributed by atoms with Crippen LogP contribution < -0.4 is 10.9 Å². The highest BCUT2D eigenvalue weighted by molar-refractivity contribution is 7.99. The number of carbonyl (C=O) groups is 1. The van der Waals surface area contributed by atoms with E-state index in [1.807, 2.05) is 22.9 Å². The Morgan fingerprint density at radius 3 is 2.93 bits per heavy atom. The van der Waals surface area contributed by atoms with Gasteiger partial charge in [-0.25, -0.2) is 4.98 Å². The number of aromatic nitrogens is 2.